The van der Waals surface area contributed by atoms with Crippen LogP contribution in [0.3, 0.4) is 0 Å². The van der Waals surface area contributed by atoms with Crippen LogP contribution in [0.15, 0.2) is 0 Å². The number of Topliss-reactive ketones (excluding diaryl/α,β-unsaturated/α-hetero) is 1. The molecular weight excluding hydrogens is 110 g/mol. The maximum atomic E-state index is 10.3. The van der Waals surface area contributed by atoms with E-state index in [0.717, 1.165) is 0 Å². The topological polar surface area (TPSA) is 55.4 Å². The summed E-state index contributed by atoms with van der Waals surface area (Å²) in [4.78, 5) is 24.9. The monoisotopic (exact) mass is 115 g/mol. The van der Waals surface area contributed by atoms with Gasteiger partial charge >= 0.3 is 5.91 Å². The normalized spacial score (nSPS) is 20.5. The second-order valence-electron chi connectivity index (χ2n) is 1.45. The van der Waals surface area contributed by atoms with Crippen molar-refractivity contribution < 1.29 is 14.4 Å². The van der Waals surface area contributed by atoms with Crippen molar-refractivity contribution in [3.63, 3.8) is 0 Å². The molecule has 4 heteroatoms. The average Bonchev–Trinajstić information content (AvgIpc) is 1.77. The van der Waals surface area contributed by atoms with Crippen molar-refractivity contribution in [2.24, 2.45) is 0 Å². The van der Waals surface area contributed by atoms with Gasteiger partial charge in [-0.2, -0.15) is 0 Å². The smallest absolute Gasteiger partial charge is 0.289 e. The number of hydroxylamine groups is 1. The van der Waals surface area contributed by atoms with Gasteiger partial charge in [0.2, 0.25) is 5.78 Å². The molecule has 0 aromatic heterocycles. The molecule has 0 atom stereocenters. The van der Waals surface area contributed by atoms with Crippen LogP contribution in [0, 0.1) is 0 Å². The summed E-state index contributed by atoms with van der Waals surface area (Å²) in [5, 5.41) is 0. The summed E-state index contributed by atoms with van der Waals surface area (Å²) in [6, 6.07) is 0. The summed E-state index contributed by atoms with van der Waals surface area (Å²) in [7, 11) is 0. The Balaban J connectivity index is 2.52. The van der Waals surface area contributed by atoms with E-state index in [4.69, 9.17) is 0 Å². The van der Waals surface area contributed by atoms with Gasteiger partial charge in [0.05, 0.1) is 6.61 Å². The van der Waals surface area contributed by atoms with Gasteiger partial charge in [-0.05, 0) is 0 Å². The van der Waals surface area contributed by atoms with Crippen molar-refractivity contribution in [2.45, 2.75) is 6.42 Å². The molecule has 0 radical (unpaired) electrons. The maximum Gasteiger partial charge on any atom is 0.310 e. The number of ketones is 1. The average molecular weight is 115 g/mol. The zero-order chi connectivity index (χ0) is 5.98. The zero-order valence-corrected chi connectivity index (χ0v) is 4.14. The molecule has 1 amide bonds. The lowest BCUT2D eigenvalue weighted by Crippen LogP contribution is -2.37. The second kappa shape index (κ2) is 1.92. The van der Waals surface area contributed by atoms with Crippen molar-refractivity contribution in [2.75, 3.05) is 6.61 Å². The van der Waals surface area contributed by atoms with E-state index in [0.29, 0.717) is 6.61 Å². The van der Waals surface area contributed by atoms with Gasteiger partial charge in [-0.15, -0.1) is 0 Å². The highest BCUT2D eigenvalue weighted by atomic mass is 16.7. The van der Waals surface area contributed by atoms with E-state index >= 15 is 0 Å². The Morgan fingerprint density at radius 3 is 2.62 bits per heavy atom. The number of carbonyl (C=O) groups excluding carboxylic acids is 2. The van der Waals surface area contributed by atoms with Gasteiger partial charge in [0.15, 0.2) is 0 Å². The van der Waals surface area contributed by atoms with Gasteiger partial charge in [-0.3, -0.25) is 14.4 Å². The lowest BCUT2D eigenvalue weighted by Gasteiger charge is -2.08. The second-order valence-corrected chi connectivity index (χ2v) is 1.45. The van der Waals surface area contributed by atoms with E-state index in [1.165, 1.54) is 0 Å². The van der Waals surface area contributed by atoms with Crippen LogP contribution in [0.4, 0.5) is 0 Å². The quantitative estimate of drug-likeness (QED) is 0.412. The van der Waals surface area contributed by atoms with Crippen molar-refractivity contribution in [1.29, 1.82) is 0 Å². The first-order chi connectivity index (χ1) is 3.80. The minimum absolute atomic E-state index is 0.200. The van der Waals surface area contributed by atoms with Crippen LogP contribution in [0.5, 0.6) is 0 Å². The van der Waals surface area contributed by atoms with Crippen LogP contribution in [0.1, 0.15) is 6.42 Å². The molecule has 1 heterocycles. The van der Waals surface area contributed by atoms with Crippen LogP contribution >= 0.6 is 0 Å². The fraction of sp³-hybridized carbons (Fsp3) is 0.500. The molecular formula is C4H5NO3. The molecule has 1 aliphatic rings. The Kier molecular flexibility index (Phi) is 1.26. The third-order valence-corrected chi connectivity index (χ3v) is 0.849. The number of hydrogen-bond acceptors (Lipinski definition) is 3. The SMILES string of the molecule is O=C1CCONC1=O. The highest BCUT2D eigenvalue weighted by Crippen LogP contribution is 1.89. The number of hydrogen-bond donors (Lipinski definition) is 1. The van der Waals surface area contributed by atoms with Gasteiger partial charge in [-0.1, -0.05) is 0 Å². The van der Waals surface area contributed by atoms with Crippen molar-refractivity contribution in [3.05, 3.63) is 0 Å². The van der Waals surface area contributed by atoms with E-state index in [-0.39, 0.29) is 6.42 Å². The summed E-state index contributed by atoms with van der Waals surface area (Å²) in [6.07, 6.45) is 0.200. The summed E-state index contributed by atoms with van der Waals surface area (Å²) in [6.45, 7) is 0.296. The summed E-state index contributed by atoms with van der Waals surface area (Å²) in [5.74, 6) is -1.05. The number of amides is 1. The van der Waals surface area contributed by atoms with E-state index < -0.39 is 11.7 Å². The fourth-order valence-electron chi connectivity index (χ4n) is 0.431. The molecule has 8 heavy (non-hydrogen) atoms. The Bertz CT molecular complexity index is 115. The van der Waals surface area contributed by atoms with E-state index in [9.17, 15) is 9.59 Å². The Hall–Kier alpha value is -0.900. The molecule has 1 saturated heterocycles. The molecule has 0 unspecified atom stereocenters. The third-order valence-electron chi connectivity index (χ3n) is 0.849. The first-order valence-electron chi connectivity index (χ1n) is 2.25. The molecule has 0 saturated carbocycles. The molecule has 1 aliphatic heterocycles. The van der Waals surface area contributed by atoms with Gasteiger partial charge in [0, 0.05) is 6.42 Å². The minimum atomic E-state index is -0.642. The molecule has 1 rings (SSSR count). The van der Waals surface area contributed by atoms with Crippen molar-refractivity contribution >= 4 is 11.7 Å². The maximum absolute atomic E-state index is 10.3. The number of carbonyl (C=O) groups is 2. The van der Waals surface area contributed by atoms with Crippen molar-refractivity contribution in [3.8, 4) is 0 Å². The van der Waals surface area contributed by atoms with Gasteiger partial charge in [0.25, 0.3) is 0 Å². The molecule has 44 valence electrons. The van der Waals surface area contributed by atoms with E-state index in [2.05, 4.69) is 4.84 Å². The Labute approximate surface area is 45.8 Å². The molecule has 0 aromatic carbocycles. The summed E-state index contributed by atoms with van der Waals surface area (Å²) < 4.78 is 0. The standard InChI is InChI=1S/C4H5NO3/c6-3-1-2-8-5-4(3)7/h1-2H2,(H,5,7). The third kappa shape index (κ3) is 0.840. The Morgan fingerprint density at radius 2 is 2.25 bits per heavy atom. The highest BCUT2D eigenvalue weighted by molar-refractivity contribution is 6.36. The minimum Gasteiger partial charge on any atom is -0.289 e. The molecule has 0 aromatic rings. The first-order valence-corrected chi connectivity index (χ1v) is 2.25. The zero-order valence-electron chi connectivity index (χ0n) is 4.14. The Morgan fingerprint density at radius 1 is 1.50 bits per heavy atom. The predicted octanol–water partition coefficient (Wildman–Crippen LogP) is -0.993. The van der Waals surface area contributed by atoms with Gasteiger partial charge in [0.1, 0.15) is 0 Å². The molecule has 0 aliphatic carbocycles. The molecule has 0 bridgehead atoms. The van der Waals surface area contributed by atoms with Crippen LogP contribution < -0.4 is 5.48 Å². The van der Waals surface area contributed by atoms with Crippen molar-refractivity contribution in [1.82, 2.24) is 5.48 Å². The van der Waals surface area contributed by atoms with Crippen LogP contribution in [-0.2, 0) is 14.4 Å². The van der Waals surface area contributed by atoms with Gasteiger partial charge < -0.3 is 0 Å². The molecule has 1 N–H and O–H groups in total. The largest absolute Gasteiger partial charge is 0.310 e. The highest BCUT2D eigenvalue weighted by Gasteiger charge is 2.17. The van der Waals surface area contributed by atoms with Crippen LogP contribution in [-0.4, -0.2) is 18.3 Å². The lowest BCUT2D eigenvalue weighted by atomic mass is 10.3. The van der Waals surface area contributed by atoms with E-state index in [1.54, 1.807) is 0 Å². The number of rotatable bonds is 0. The van der Waals surface area contributed by atoms with Crippen LogP contribution in [0.2, 0.25) is 0 Å². The molecule has 1 fully saturated rings. The molecule has 4 nitrogen and oxygen atoms in total. The number of nitrogens with one attached hydrogen (secondary N) is 1. The fourth-order valence-corrected chi connectivity index (χ4v) is 0.431. The lowest BCUT2D eigenvalue weighted by molar-refractivity contribution is -0.152. The van der Waals surface area contributed by atoms with E-state index in [1.807, 2.05) is 5.48 Å². The first kappa shape index (κ1) is 5.24. The summed E-state index contributed by atoms with van der Waals surface area (Å²) in [5.41, 5.74) is 1.94. The molecule has 0 spiro atoms. The summed E-state index contributed by atoms with van der Waals surface area (Å²) >= 11 is 0. The van der Waals surface area contributed by atoms with Gasteiger partial charge in [-0.25, -0.2) is 5.48 Å². The van der Waals surface area contributed by atoms with Crippen LogP contribution in [0.25, 0.3) is 0 Å². The predicted molar refractivity (Wildman–Crippen MR) is 23.7 cm³/mol.